The fourth-order valence-electron chi connectivity index (χ4n) is 1.85. The molecule has 2 rings (SSSR count). The zero-order valence-corrected chi connectivity index (χ0v) is 8.95. The fraction of sp³-hybridized carbons (Fsp3) is 0.455. The highest BCUT2D eigenvalue weighted by molar-refractivity contribution is 7.98. The molecule has 1 aromatic rings. The molecule has 0 saturated heterocycles. The number of nitrogens with one attached hydrogen (secondary N) is 1. The van der Waals surface area contributed by atoms with Gasteiger partial charge in [0, 0.05) is 16.6 Å². The number of hydrogen-bond donors (Lipinski definition) is 1. The molecule has 70 valence electrons. The Morgan fingerprint density at radius 3 is 3.08 bits per heavy atom. The molecule has 0 radical (unpaired) electrons. The van der Waals surface area contributed by atoms with Gasteiger partial charge >= 0.3 is 0 Å². The second-order valence-corrected chi connectivity index (χ2v) is 4.42. The lowest BCUT2D eigenvalue weighted by Gasteiger charge is -2.25. The van der Waals surface area contributed by atoms with Crippen LogP contribution in [0.4, 0.5) is 5.69 Å². The summed E-state index contributed by atoms with van der Waals surface area (Å²) < 4.78 is 0. The van der Waals surface area contributed by atoms with Crippen molar-refractivity contribution in [3.8, 4) is 0 Å². The Kier molecular flexibility index (Phi) is 2.49. The highest BCUT2D eigenvalue weighted by atomic mass is 32.2. The monoisotopic (exact) mass is 193 g/mol. The minimum atomic E-state index is 0.629. The number of anilines is 1. The van der Waals surface area contributed by atoms with Crippen molar-refractivity contribution in [3.63, 3.8) is 0 Å². The minimum Gasteiger partial charge on any atom is -0.382 e. The normalized spacial score (nSPS) is 20.6. The maximum Gasteiger partial charge on any atom is 0.0386 e. The van der Waals surface area contributed by atoms with E-state index >= 15 is 0 Å². The highest BCUT2D eigenvalue weighted by Crippen LogP contribution is 2.32. The molecule has 0 amide bonds. The number of rotatable bonds is 1. The van der Waals surface area contributed by atoms with Crippen LogP contribution in [0, 0.1) is 0 Å². The van der Waals surface area contributed by atoms with Gasteiger partial charge in [0.15, 0.2) is 0 Å². The van der Waals surface area contributed by atoms with Crippen LogP contribution in [-0.2, 0) is 6.42 Å². The van der Waals surface area contributed by atoms with Crippen LogP contribution >= 0.6 is 11.8 Å². The van der Waals surface area contributed by atoms with Crippen molar-refractivity contribution in [3.05, 3.63) is 23.8 Å². The van der Waals surface area contributed by atoms with E-state index < -0.39 is 0 Å². The molecule has 0 fully saturated rings. The average molecular weight is 193 g/mol. The fourth-order valence-corrected chi connectivity index (χ4v) is 2.52. The minimum absolute atomic E-state index is 0.629. The Balaban J connectivity index is 2.39. The lowest BCUT2D eigenvalue weighted by atomic mass is 9.99. The van der Waals surface area contributed by atoms with E-state index in [1.807, 2.05) is 11.8 Å². The van der Waals surface area contributed by atoms with Crippen LogP contribution in [0.5, 0.6) is 0 Å². The van der Waals surface area contributed by atoms with Gasteiger partial charge in [0.1, 0.15) is 0 Å². The molecule has 0 unspecified atom stereocenters. The highest BCUT2D eigenvalue weighted by Gasteiger charge is 2.15. The first-order chi connectivity index (χ1) is 6.31. The SMILES string of the molecule is CSc1cccc2c1CC[C@@H](C)N2. The zero-order valence-electron chi connectivity index (χ0n) is 8.13. The Bertz CT molecular complexity index is 309. The number of thioether (sulfide) groups is 1. The van der Waals surface area contributed by atoms with E-state index in [0.29, 0.717) is 6.04 Å². The topological polar surface area (TPSA) is 12.0 Å². The first-order valence-electron chi connectivity index (χ1n) is 4.73. The van der Waals surface area contributed by atoms with Crippen molar-refractivity contribution in [1.29, 1.82) is 0 Å². The molecular weight excluding hydrogens is 178 g/mol. The van der Waals surface area contributed by atoms with E-state index in [0.717, 1.165) is 0 Å². The van der Waals surface area contributed by atoms with Crippen molar-refractivity contribution in [2.24, 2.45) is 0 Å². The Labute approximate surface area is 83.9 Å². The van der Waals surface area contributed by atoms with Crippen LogP contribution in [0.25, 0.3) is 0 Å². The van der Waals surface area contributed by atoms with Crippen molar-refractivity contribution in [2.75, 3.05) is 11.6 Å². The standard InChI is InChI=1S/C11H15NS/c1-8-6-7-9-10(12-8)4-3-5-11(9)13-2/h3-5,8,12H,6-7H2,1-2H3/t8-/m1/s1. The molecule has 0 saturated carbocycles. The van der Waals surface area contributed by atoms with Gasteiger partial charge in [0.05, 0.1) is 0 Å². The molecule has 1 heterocycles. The summed E-state index contributed by atoms with van der Waals surface area (Å²) in [6.45, 7) is 2.24. The van der Waals surface area contributed by atoms with Gasteiger partial charge in [-0.2, -0.15) is 0 Å². The van der Waals surface area contributed by atoms with Gasteiger partial charge in [-0.15, -0.1) is 11.8 Å². The number of fused-ring (bicyclic) bond motifs is 1. The summed E-state index contributed by atoms with van der Waals surface area (Å²) >= 11 is 1.84. The quantitative estimate of drug-likeness (QED) is 0.688. The predicted molar refractivity (Wildman–Crippen MR) is 59.6 cm³/mol. The van der Waals surface area contributed by atoms with Gasteiger partial charge in [-0.1, -0.05) is 6.07 Å². The van der Waals surface area contributed by atoms with Crippen LogP contribution < -0.4 is 5.32 Å². The molecular formula is C11H15NS. The van der Waals surface area contributed by atoms with E-state index in [-0.39, 0.29) is 0 Å². The smallest absolute Gasteiger partial charge is 0.0386 e. The van der Waals surface area contributed by atoms with Crippen LogP contribution in [0.1, 0.15) is 18.9 Å². The molecule has 13 heavy (non-hydrogen) atoms. The van der Waals surface area contributed by atoms with Crippen LogP contribution in [0.3, 0.4) is 0 Å². The molecule has 1 aromatic carbocycles. The molecule has 1 atom stereocenters. The molecule has 1 N–H and O–H groups in total. The first kappa shape index (κ1) is 8.95. The third-order valence-electron chi connectivity index (χ3n) is 2.58. The van der Waals surface area contributed by atoms with Gasteiger partial charge in [-0.25, -0.2) is 0 Å². The summed E-state index contributed by atoms with van der Waals surface area (Å²) in [6.07, 6.45) is 4.62. The van der Waals surface area contributed by atoms with E-state index in [2.05, 4.69) is 36.7 Å². The Morgan fingerprint density at radius 2 is 2.31 bits per heavy atom. The lowest BCUT2D eigenvalue weighted by molar-refractivity contribution is 0.674. The molecule has 0 aliphatic carbocycles. The van der Waals surface area contributed by atoms with Gasteiger partial charge in [-0.3, -0.25) is 0 Å². The van der Waals surface area contributed by atoms with Crippen molar-refractivity contribution in [1.82, 2.24) is 0 Å². The predicted octanol–water partition coefficient (Wildman–Crippen LogP) is 3.16. The summed E-state index contributed by atoms with van der Waals surface area (Å²) in [5.74, 6) is 0. The summed E-state index contributed by atoms with van der Waals surface area (Å²) in [6, 6.07) is 7.16. The van der Waals surface area contributed by atoms with Gasteiger partial charge in [-0.05, 0) is 43.7 Å². The van der Waals surface area contributed by atoms with Gasteiger partial charge in [0.25, 0.3) is 0 Å². The molecule has 0 aromatic heterocycles. The van der Waals surface area contributed by atoms with Crippen molar-refractivity contribution < 1.29 is 0 Å². The zero-order chi connectivity index (χ0) is 9.26. The largest absolute Gasteiger partial charge is 0.382 e. The van der Waals surface area contributed by atoms with Crippen LogP contribution in [0.2, 0.25) is 0 Å². The second kappa shape index (κ2) is 3.62. The number of hydrogen-bond acceptors (Lipinski definition) is 2. The third kappa shape index (κ3) is 1.68. The maximum atomic E-state index is 3.52. The maximum absolute atomic E-state index is 3.52. The summed E-state index contributed by atoms with van der Waals surface area (Å²) in [5, 5.41) is 3.52. The van der Waals surface area contributed by atoms with Crippen LogP contribution in [-0.4, -0.2) is 12.3 Å². The average Bonchev–Trinajstić information content (AvgIpc) is 2.16. The second-order valence-electron chi connectivity index (χ2n) is 3.57. The van der Waals surface area contributed by atoms with Crippen LogP contribution in [0.15, 0.2) is 23.1 Å². The van der Waals surface area contributed by atoms with Gasteiger partial charge in [0.2, 0.25) is 0 Å². The van der Waals surface area contributed by atoms with E-state index in [4.69, 9.17) is 0 Å². The lowest BCUT2D eigenvalue weighted by Crippen LogP contribution is -2.22. The molecule has 2 heteroatoms. The summed E-state index contributed by atoms with van der Waals surface area (Å²) in [7, 11) is 0. The molecule has 0 spiro atoms. The molecule has 1 aliphatic rings. The van der Waals surface area contributed by atoms with E-state index in [1.165, 1.54) is 29.0 Å². The van der Waals surface area contributed by atoms with Crippen molar-refractivity contribution >= 4 is 17.4 Å². The Morgan fingerprint density at radius 1 is 1.46 bits per heavy atom. The van der Waals surface area contributed by atoms with E-state index in [1.54, 1.807) is 0 Å². The van der Waals surface area contributed by atoms with Gasteiger partial charge < -0.3 is 5.32 Å². The van der Waals surface area contributed by atoms with E-state index in [9.17, 15) is 0 Å². The first-order valence-corrected chi connectivity index (χ1v) is 5.96. The van der Waals surface area contributed by atoms with Crippen molar-refractivity contribution in [2.45, 2.75) is 30.7 Å². The number of benzene rings is 1. The molecule has 1 nitrogen and oxygen atoms in total. The molecule has 0 bridgehead atoms. The summed E-state index contributed by atoms with van der Waals surface area (Å²) in [4.78, 5) is 1.43. The summed E-state index contributed by atoms with van der Waals surface area (Å²) in [5.41, 5.74) is 2.85. The third-order valence-corrected chi connectivity index (χ3v) is 3.40. The Hall–Kier alpha value is -0.630. The molecule has 1 aliphatic heterocycles.